The van der Waals surface area contributed by atoms with Crippen LogP contribution < -0.4 is 15.4 Å². The first-order chi connectivity index (χ1) is 13.5. The van der Waals surface area contributed by atoms with Crippen molar-refractivity contribution in [3.63, 3.8) is 0 Å². The summed E-state index contributed by atoms with van der Waals surface area (Å²) in [6.07, 6.45) is 0.00903. The van der Waals surface area contributed by atoms with Crippen LogP contribution in [0, 0.1) is 0 Å². The van der Waals surface area contributed by atoms with Gasteiger partial charge in [-0.3, -0.25) is 4.79 Å². The minimum Gasteiger partial charge on any atom is -0.496 e. The van der Waals surface area contributed by atoms with E-state index in [2.05, 4.69) is 26.6 Å². The Morgan fingerprint density at radius 2 is 2.21 bits per heavy atom. The molecular weight excluding hydrogens is 446 g/mol. The van der Waals surface area contributed by atoms with Gasteiger partial charge in [0.15, 0.2) is 0 Å². The Bertz CT molecular complexity index is 946. The third kappa shape index (κ3) is 3.33. The quantitative estimate of drug-likeness (QED) is 0.718. The van der Waals surface area contributed by atoms with Gasteiger partial charge in [-0.15, -0.1) is 11.3 Å². The molecule has 2 aliphatic heterocycles. The van der Waals surface area contributed by atoms with Crippen molar-refractivity contribution in [3.8, 4) is 5.75 Å². The first-order valence-electron chi connectivity index (χ1n) is 8.98. The van der Waals surface area contributed by atoms with Gasteiger partial charge in [-0.2, -0.15) is 0 Å². The third-order valence-corrected chi connectivity index (χ3v) is 6.64. The minimum absolute atomic E-state index is 0.0900. The molecule has 0 aliphatic carbocycles. The number of thiophene rings is 1. The van der Waals surface area contributed by atoms with Crippen molar-refractivity contribution in [1.82, 2.24) is 10.2 Å². The van der Waals surface area contributed by atoms with Gasteiger partial charge in [0.1, 0.15) is 16.9 Å². The summed E-state index contributed by atoms with van der Waals surface area (Å²) in [5.41, 5.74) is 2.65. The summed E-state index contributed by atoms with van der Waals surface area (Å²) in [5, 5.41) is 7.30. The molecule has 9 heteroatoms. The molecule has 0 saturated carbocycles. The maximum atomic E-state index is 12.8. The van der Waals surface area contributed by atoms with E-state index in [-0.39, 0.29) is 18.2 Å². The molecular formula is C19H20BrN3O4S. The fraction of sp³-hybridized carbons (Fsp3) is 0.368. The van der Waals surface area contributed by atoms with Crippen molar-refractivity contribution in [2.75, 3.05) is 25.6 Å². The molecule has 0 bridgehead atoms. The van der Waals surface area contributed by atoms with Crippen molar-refractivity contribution in [1.29, 1.82) is 0 Å². The number of methoxy groups -OCH3 is 1. The topological polar surface area (TPSA) is 79.9 Å². The van der Waals surface area contributed by atoms with E-state index in [1.54, 1.807) is 18.9 Å². The number of anilines is 1. The lowest BCUT2D eigenvalue weighted by Gasteiger charge is -2.28. The Labute approximate surface area is 175 Å². The number of carbonyl (C=O) groups is 2. The number of carbonyl (C=O) groups excluding carboxylic acids is 2. The standard InChI is InChI=1S/C19H20BrN3O4S/c1-3-27-19(25)23-7-6-11-14(9-23)28-18-15(11)17(24)21-16(22-18)10-4-5-13(26-2)12(20)8-10/h4-5,8,16,22H,3,6-7,9H2,1-2H3,(H,21,24)/t16-/m0/s1. The normalized spacial score (nSPS) is 17.9. The fourth-order valence-electron chi connectivity index (χ4n) is 3.52. The highest BCUT2D eigenvalue weighted by atomic mass is 79.9. The summed E-state index contributed by atoms with van der Waals surface area (Å²) in [6, 6.07) is 5.71. The summed E-state index contributed by atoms with van der Waals surface area (Å²) in [5.74, 6) is 0.644. The van der Waals surface area contributed by atoms with E-state index >= 15 is 0 Å². The molecule has 28 heavy (non-hydrogen) atoms. The first kappa shape index (κ1) is 19.1. The van der Waals surface area contributed by atoms with Gasteiger partial charge >= 0.3 is 6.09 Å². The SMILES string of the molecule is CCOC(=O)N1CCc2c(sc3c2C(=O)N[C@H](c2ccc(OC)c(Br)c2)N3)C1. The van der Waals surface area contributed by atoms with Crippen molar-refractivity contribution in [2.45, 2.75) is 26.1 Å². The molecule has 0 radical (unpaired) electrons. The number of hydrogen-bond donors (Lipinski definition) is 2. The van der Waals surface area contributed by atoms with Crippen LogP contribution in [0.3, 0.4) is 0 Å². The lowest BCUT2D eigenvalue weighted by atomic mass is 10.0. The lowest BCUT2D eigenvalue weighted by molar-refractivity contribution is 0.0934. The molecule has 0 unspecified atom stereocenters. The van der Waals surface area contributed by atoms with E-state index in [1.165, 1.54) is 11.3 Å². The highest BCUT2D eigenvalue weighted by molar-refractivity contribution is 9.10. The van der Waals surface area contributed by atoms with E-state index in [1.807, 2.05) is 18.2 Å². The summed E-state index contributed by atoms with van der Waals surface area (Å²) >= 11 is 5.02. The third-order valence-electron chi connectivity index (χ3n) is 4.87. The number of fused-ring (bicyclic) bond motifs is 3. The van der Waals surface area contributed by atoms with Crippen LogP contribution in [0.4, 0.5) is 9.80 Å². The molecule has 2 aliphatic rings. The fourth-order valence-corrected chi connectivity index (χ4v) is 5.36. The van der Waals surface area contributed by atoms with Gasteiger partial charge in [0.05, 0.1) is 30.3 Å². The molecule has 0 saturated heterocycles. The molecule has 1 aromatic carbocycles. The van der Waals surface area contributed by atoms with Gasteiger partial charge in [-0.05, 0) is 52.5 Å². The zero-order chi connectivity index (χ0) is 19.8. The highest BCUT2D eigenvalue weighted by Gasteiger charge is 2.34. The molecule has 1 atom stereocenters. The van der Waals surface area contributed by atoms with Crippen LogP contribution in [0.1, 0.15) is 39.5 Å². The maximum absolute atomic E-state index is 12.8. The van der Waals surface area contributed by atoms with E-state index in [0.29, 0.717) is 31.7 Å². The molecule has 2 amide bonds. The molecule has 7 nitrogen and oxygen atoms in total. The second-order valence-electron chi connectivity index (χ2n) is 6.52. The number of hydrogen-bond acceptors (Lipinski definition) is 6. The van der Waals surface area contributed by atoms with Crippen molar-refractivity contribution < 1.29 is 19.1 Å². The van der Waals surface area contributed by atoms with Gasteiger partial charge in [0, 0.05) is 11.4 Å². The Hall–Kier alpha value is -2.26. The van der Waals surface area contributed by atoms with Gasteiger partial charge in [0.2, 0.25) is 0 Å². The summed E-state index contributed by atoms with van der Waals surface area (Å²) in [4.78, 5) is 27.6. The molecule has 1 aromatic heterocycles. The summed E-state index contributed by atoms with van der Waals surface area (Å²) in [7, 11) is 1.61. The van der Waals surface area contributed by atoms with Crippen LogP contribution in [0.5, 0.6) is 5.75 Å². The molecule has 2 aromatic rings. The minimum atomic E-state index is -0.330. The van der Waals surface area contributed by atoms with Gasteiger partial charge in [-0.25, -0.2) is 4.79 Å². The summed E-state index contributed by atoms with van der Waals surface area (Å²) < 4.78 is 11.2. The van der Waals surface area contributed by atoms with E-state index in [4.69, 9.17) is 9.47 Å². The van der Waals surface area contributed by atoms with Crippen molar-refractivity contribution >= 4 is 44.3 Å². The number of rotatable bonds is 3. The zero-order valence-corrected chi connectivity index (χ0v) is 17.9. The maximum Gasteiger partial charge on any atom is 0.410 e. The average molecular weight is 466 g/mol. The Kier molecular flexibility index (Phi) is 5.20. The van der Waals surface area contributed by atoms with Gasteiger partial charge < -0.3 is 25.0 Å². The van der Waals surface area contributed by atoms with E-state index in [0.717, 1.165) is 31.2 Å². The monoisotopic (exact) mass is 465 g/mol. The van der Waals surface area contributed by atoms with E-state index in [9.17, 15) is 9.59 Å². The predicted molar refractivity (Wildman–Crippen MR) is 110 cm³/mol. The molecule has 2 N–H and O–H groups in total. The average Bonchev–Trinajstić information content (AvgIpc) is 3.06. The van der Waals surface area contributed by atoms with Gasteiger partial charge in [0.25, 0.3) is 5.91 Å². The second kappa shape index (κ2) is 7.63. The molecule has 3 heterocycles. The van der Waals surface area contributed by atoms with Crippen LogP contribution in [0.25, 0.3) is 0 Å². The van der Waals surface area contributed by atoms with Crippen LogP contribution in [-0.2, 0) is 17.7 Å². The lowest BCUT2D eigenvalue weighted by Crippen LogP contribution is -2.39. The van der Waals surface area contributed by atoms with Crippen LogP contribution in [-0.4, -0.2) is 37.2 Å². The second-order valence-corrected chi connectivity index (χ2v) is 8.48. The molecule has 0 fully saturated rings. The number of nitrogens with zero attached hydrogens (tertiary/aromatic N) is 1. The molecule has 0 spiro atoms. The van der Waals surface area contributed by atoms with Crippen LogP contribution in [0.15, 0.2) is 22.7 Å². The van der Waals surface area contributed by atoms with Crippen LogP contribution >= 0.6 is 27.3 Å². The highest BCUT2D eigenvalue weighted by Crippen LogP contribution is 2.41. The number of benzene rings is 1. The van der Waals surface area contributed by atoms with Crippen molar-refractivity contribution in [3.05, 3.63) is 44.2 Å². The first-order valence-corrected chi connectivity index (χ1v) is 10.6. The smallest absolute Gasteiger partial charge is 0.410 e. The molecule has 148 valence electrons. The predicted octanol–water partition coefficient (Wildman–Crippen LogP) is 3.89. The Balaban J connectivity index is 1.59. The number of halogens is 1. The Morgan fingerprint density at radius 3 is 2.93 bits per heavy atom. The largest absolute Gasteiger partial charge is 0.496 e. The number of nitrogens with one attached hydrogen (secondary N) is 2. The number of amides is 2. The van der Waals surface area contributed by atoms with Crippen molar-refractivity contribution in [2.24, 2.45) is 0 Å². The van der Waals surface area contributed by atoms with E-state index < -0.39 is 0 Å². The molecule has 4 rings (SSSR count). The van der Waals surface area contributed by atoms with Crippen LogP contribution in [0.2, 0.25) is 0 Å². The zero-order valence-electron chi connectivity index (χ0n) is 15.5. The Morgan fingerprint density at radius 1 is 1.39 bits per heavy atom. The van der Waals surface area contributed by atoms with Gasteiger partial charge in [-0.1, -0.05) is 6.07 Å². The summed E-state index contributed by atoms with van der Waals surface area (Å²) in [6.45, 7) is 3.17. The number of ether oxygens (including phenoxy) is 2.